The predicted octanol–water partition coefficient (Wildman–Crippen LogP) is 4.01. The van der Waals surface area contributed by atoms with Crippen molar-refractivity contribution in [1.82, 2.24) is 9.66 Å². The minimum Gasteiger partial charge on any atom is -0.493 e. The van der Waals surface area contributed by atoms with E-state index < -0.39 is 0 Å². The first kappa shape index (κ1) is 18.0. The van der Waals surface area contributed by atoms with Gasteiger partial charge in [0.25, 0.3) is 0 Å². The van der Waals surface area contributed by atoms with Crippen LogP contribution < -0.4 is 15.2 Å². The topological polar surface area (TPSA) is 74.7 Å². The predicted molar refractivity (Wildman–Crippen MR) is 106 cm³/mol. The maximum atomic E-state index is 5.88. The Morgan fingerprint density at radius 3 is 2.77 bits per heavy atom. The molecular weight excluding hydrogens is 396 g/mol. The van der Waals surface area contributed by atoms with Crippen LogP contribution in [0.1, 0.15) is 16.8 Å². The van der Waals surface area contributed by atoms with Gasteiger partial charge in [-0.1, -0.05) is 28.1 Å². The van der Waals surface area contributed by atoms with Gasteiger partial charge in [-0.15, -0.1) is 0 Å². The maximum absolute atomic E-state index is 5.88. The lowest BCUT2D eigenvalue weighted by molar-refractivity contribution is 0.284. The summed E-state index contributed by atoms with van der Waals surface area (Å²) in [7, 11) is 1.61. The molecule has 3 rings (SSSR count). The van der Waals surface area contributed by atoms with Crippen LogP contribution in [0.3, 0.4) is 0 Å². The molecule has 0 atom stereocenters. The second-order valence-corrected chi connectivity index (χ2v) is 6.57. The Bertz CT molecular complexity index is 937. The van der Waals surface area contributed by atoms with E-state index in [4.69, 9.17) is 15.2 Å². The Kier molecular flexibility index (Phi) is 5.58. The van der Waals surface area contributed by atoms with Crippen molar-refractivity contribution in [2.75, 3.05) is 12.8 Å². The van der Waals surface area contributed by atoms with Crippen molar-refractivity contribution in [3.8, 4) is 11.5 Å². The van der Waals surface area contributed by atoms with Crippen molar-refractivity contribution < 1.29 is 9.47 Å². The van der Waals surface area contributed by atoms with Crippen LogP contribution >= 0.6 is 15.9 Å². The normalized spacial score (nSPS) is 11.0. The van der Waals surface area contributed by atoms with Gasteiger partial charge in [0.1, 0.15) is 6.61 Å². The zero-order valence-corrected chi connectivity index (χ0v) is 16.1. The van der Waals surface area contributed by atoms with E-state index in [0.29, 0.717) is 24.1 Å². The summed E-state index contributed by atoms with van der Waals surface area (Å²) in [6, 6.07) is 13.6. The number of ether oxygens (including phenoxy) is 2. The third-order valence-electron chi connectivity index (χ3n) is 3.64. The van der Waals surface area contributed by atoms with Crippen LogP contribution in [-0.2, 0) is 6.61 Å². The van der Waals surface area contributed by atoms with E-state index in [-0.39, 0.29) is 0 Å². The van der Waals surface area contributed by atoms with Gasteiger partial charge < -0.3 is 15.2 Å². The highest BCUT2D eigenvalue weighted by molar-refractivity contribution is 9.10. The molecule has 1 heterocycles. The van der Waals surface area contributed by atoms with Gasteiger partial charge in [0.15, 0.2) is 11.5 Å². The molecule has 0 aliphatic carbocycles. The average Bonchev–Trinajstić information content (AvgIpc) is 2.95. The minimum absolute atomic E-state index is 0.347. The number of nitrogen functional groups attached to an aromatic ring is 1. The lowest BCUT2D eigenvalue weighted by Crippen LogP contribution is -1.99. The van der Waals surface area contributed by atoms with E-state index in [2.05, 4.69) is 26.0 Å². The Balaban J connectivity index is 1.74. The summed E-state index contributed by atoms with van der Waals surface area (Å²) in [5.41, 5.74) is 8.53. The second-order valence-electron chi connectivity index (χ2n) is 5.66. The smallest absolute Gasteiger partial charge is 0.221 e. The summed E-state index contributed by atoms with van der Waals surface area (Å²) in [4.78, 5) is 4.11. The number of rotatable bonds is 6. The number of imidazole rings is 1. The summed E-state index contributed by atoms with van der Waals surface area (Å²) < 4.78 is 13.9. The molecule has 0 saturated carbocycles. The molecule has 0 unspecified atom stereocenters. The van der Waals surface area contributed by atoms with Gasteiger partial charge in [0.05, 0.1) is 25.2 Å². The van der Waals surface area contributed by atoms with Gasteiger partial charge in [-0.05, 0) is 48.4 Å². The molecule has 2 N–H and O–H groups in total. The second kappa shape index (κ2) is 8.05. The number of halogens is 1. The monoisotopic (exact) mass is 414 g/mol. The number of aromatic nitrogens is 2. The van der Waals surface area contributed by atoms with Crippen LogP contribution in [0.2, 0.25) is 0 Å². The first-order chi connectivity index (χ1) is 12.5. The summed E-state index contributed by atoms with van der Waals surface area (Å²) in [6.45, 7) is 2.32. The molecule has 0 aliphatic rings. The van der Waals surface area contributed by atoms with Gasteiger partial charge in [0.2, 0.25) is 5.95 Å². The van der Waals surface area contributed by atoms with Gasteiger partial charge in [-0.25, -0.2) is 9.66 Å². The third kappa shape index (κ3) is 4.43. The van der Waals surface area contributed by atoms with Crippen LogP contribution in [0.4, 0.5) is 5.95 Å². The largest absolute Gasteiger partial charge is 0.493 e. The van der Waals surface area contributed by atoms with E-state index in [1.165, 1.54) is 4.68 Å². The molecule has 2 aromatic carbocycles. The Morgan fingerprint density at radius 2 is 2.08 bits per heavy atom. The summed E-state index contributed by atoms with van der Waals surface area (Å²) in [5, 5.41) is 4.31. The molecular formula is C19H19BrN4O2. The van der Waals surface area contributed by atoms with E-state index in [1.54, 1.807) is 19.5 Å². The molecule has 6 nitrogen and oxygen atoms in total. The van der Waals surface area contributed by atoms with Gasteiger partial charge in [-0.3, -0.25) is 0 Å². The molecule has 0 saturated heterocycles. The highest BCUT2D eigenvalue weighted by Gasteiger charge is 2.06. The Morgan fingerprint density at radius 1 is 1.23 bits per heavy atom. The fourth-order valence-corrected chi connectivity index (χ4v) is 2.84. The Hall–Kier alpha value is -2.80. The number of hydrogen-bond donors (Lipinski definition) is 1. The molecule has 134 valence electrons. The number of methoxy groups -OCH3 is 1. The zero-order valence-electron chi connectivity index (χ0n) is 14.5. The van der Waals surface area contributed by atoms with Crippen LogP contribution in [0.15, 0.2) is 58.2 Å². The van der Waals surface area contributed by atoms with Crippen molar-refractivity contribution in [3.63, 3.8) is 0 Å². The highest BCUT2D eigenvalue weighted by Crippen LogP contribution is 2.28. The van der Waals surface area contributed by atoms with Crippen molar-refractivity contribution in [1.29, 1.82) is 0 Å². The third-order valence-corrected chi connectivity index (χ3v) is 4.13. The molecule has 7 heteroatoms. The van der Waals surface area contributed by atoms with E-state index >= 15 is 0 Å². The minimum atomic E-state index is 0.347. The van der Waals surface area contributed by atoms with E-state index in [1.807, 2.05) is 49.4 Å². The average molecular weight is 415 g/mol. The van der Waals surface area contributed by atoms with Crippen LogP contribution in [0.25, 0.3) is 0 Å². The SMILES string of the molecule is COc1cc(C=Nn2cc(C)nc2N)ccc1OCc1cccc(Br)c1. The number of anilines is 1. The molecule has 26 heavy (non-hydrogen) atoms. The highest BCUT2D eigenvalue weighted by atomic mass is 79.9. The summed E-state index contributed by atoms with van der Waals surface area (Å²) >= 11 is 3.46. The number of nitrogens with zero attached hydrogens (tertiary/aromatic N) is 3. The number of nitrogens with two attached hydrogens (primary N) is 1. The van der Waals surface area contributed by atoms with Gasteiger partial charge in [0, 0.05) is 4.47 Å². The quantitative estimate of drug-likeness (QED) is 0.618. The Labute approximate surface area is 160 Å². The number of aryl methyl sites for hydroxylation is 1. The first-order valence-electron chi connectivity index (χ1n) is 7.96. The molecule has 0 fully saturated rings. The fraction of sp³-hybridized carbons (Fsp3) is 0.158. The van der Waals surface area contributed by atoms with Crippen molar-refractivity contribution >= 4 is 28.1 Å². The first-order valence-corrected chi connectivity index (χ1v) is 8.75. The van der Waals surface area contributed by atoms with E-state index in [9.17, 15) is 0 Å². The fourth-order valence-electron chi connectivity index (χ4n) is 2.40. The molecule has 3 aromatic rings. The van der Waals surface area contributed by atoms with Crippen molar-refractivity contribution in [2.45, 2.75) is 13.5 Å². The number of benzene rings is 2. The lowest BCUT2D eigenvalue weighted by atomic mass is 10.2. The molecule has 0 spiro atoms. The lowest BCUT2D eigenvalue weighted by Gasteiger charge is -2.11. The van der Waals surface area contributed by atoms with Gasteiger partial charge >= 0.3 is 0 Å². The standard InChI is InChI=1S/C19H19BrN4O2/c1-13-11-24(19(21)23-13)22-10-14-6-7-17(18(9-14)25-2)26-12-15-4-3-5-16(20)8-15/h3-11H,12H2,1-2H3,(H2,21,23). The van der Waals surface area contributed by atoms with Crippen molar-refractivity contribution in [2.24, 2.45) is 5.10 Å². The van der Waals surface area contributed by atoms with Crippen molar-refractivity contribution in [3.05, 3.63) is 70.0 Å². The van der Waals surface area contributed by atoms with Crippen LogP contribution in [0.5, 0.6) is 11.5 Å². The zero-order chi connectivity index (χ0) is 18.5. The molecule has 0 aliphatic heterocycles. The van der Waals surface area contributed by atoms with Crippen LogP contribution in [0, 0.1) is 6.92 Å². The molecule has 1 aromatic heterocycles. The van der Waals surface area contributed by atoms with Gasteiger partial charge in [-0.2, -0.15) is 5.10 Å². The number of hydrogen-bond acceptors (Lipinski definition) is 5. The molecule has 0 radical (unpaired) electrons. The maximum Gasteiger partial charge on any atom is 0.221 e. The van der Waals surface area contributed by atoms with Crippen LogP contribution in [-0.4, -0.2) is 23.0 Å². The molecule has 0 bridgehead atoms. The van der Waals surface area contributed by atoms with E-state index in [0.717, 1.165) is 21.3 Å². The molecule has 0 amide bonds. The summed E-state index contributed by atoms with van der Waals surface area (Å²) in [5.74, 6) is 1.65. The summed E-state index contributed by atoms with van der Waals surface area (Å²) in [6.07, 6.45) is 3.45.